The zero-order chi connectivity index (χ0) is 22.4. The van der Waals surface area contributed by atoms with Crippen molar-refractivity contribution < 1.29 is 4.74 Å². The molecule has 1 saturated heterocycles. The van der Waals surface area contributed by atoms with Crippen LogP contribution in [0.5, 0.6) is 5.75 Å². The molecule has 0 aliphatic carbocycles. The van der Waals surface area contributed by atoms with E-state index in [1.54, 1.807) is 16.7 Å². The van der Waals surface area contributed by atoms with E-state index < -0.39 is 0 Å². The van der Waals surface area contributed by atoms with Crippen LogP contribution in [0.25, 0.3) is 11.0 Å². The molecule has 2 aromatic heterocycles. The molecule has 1 N–H and O–H groups in total. The summed E-state index contributed by atoms with van der Waals surface area (Å²) in [5.74, 6) is 1.05. The molecule has 1 atom stereocenters. The van der Waals surface area contributed by atoms with Gasteiger partial charge in [-0.3, -0.25) is 18.7 Å². The van der Waals surface area contributed by atoms with Crippen LogP contribution in [-0.4, -0.2) is 46.3 Å². The molecule has 7 heteroatoms. The molecule has 0 bridgehead atoms. The van der Waals surface area contributed by atoms with Crippen LogP contribution in [0.4, 0.5) is 0 Å². The van der Waals surface area contributed by atoms with Crippen molar-refractivity contribution in [2.24, 2.45) is 0 Å². The van der Waals surface area contributed by atoms with Gasteiger partial charge < -0.3 is 15.0 Å². The average molecular weight is 447 g/mol. The summed E-state index contributed by atoms with van der Waals surface area (Å²) in [6, 6.07) is 13.9. The minimum atomic E-state index is -0.0269. The molecule has 3 aliphatic heterocycles. The summed E-state index contributed by atoms with van der Waals surface area (Å²) in [6.45, 7) is 5.10. The number of ether oxygens (including phenoxy) is 1. The predicted octanol–water partition coefficient (Wildman–Crippen LogP) is 2.30. The number of piperidine rings is 1. The molecule has 0 saturated carbocycles. The van der Waals surface area contributed by atoms with Gasteiger partial charge in [0.2, 0.25) is 0 Å². The number of fused-ring (bicyclic) bond motifs is 1. The molecule has 7 nitrogen and oxygen atoms in total. The van der Waals surface area contributed by atoms with Gasteiger partial charge in [-0.05, 0) is 68.1 Å². The smallest absolute Gasteiger partial charge is 0.252 e. The van der Waals surface area contributed by atoms with Crippen molar-refractivity contribution in [3.8, 4) is 5.75 Å². The lowest BCUT2D eigenvalue weighted by molar-refractivity contribution is 0.171. The van der Waals surface area contributed by atoms with Gasteiger partial charge in [-0.2, -0.15) is 0 Å². The van der Waals surface area contributed by atoms with Crippen LogP contribution in [0.15, 0.2) is 52.1 Å². The molecule has 0 spiro atoms. The van der Waals surface area contributed by atoms with Crippen LogP contribution in [0, 0.1) is 0 Å². The fourth-order valence-corrected chi connectivity index (χ4v) is 5.70. The van der Waals surface area contributed by atoms with E-state index in [2.05, 4.69) is 28.4 Å². The van der Waals surface area contributed by atoms with Gasteiger partial charge in [0, 0.05) is 43.2 Å². The number of benzene rings is 1. The number of likely N-dealkylation sites (tertiary alicyclic amines) is 1. The number of hydrogen-bond donors (Lipinski definition) is 1. The fourth-order valence-electron chi connectivity index (χ4n) is 5.70. The molecule has 33 heavy (non-hydrogen) atoms. The van der Waals surface area contributed by atoms with E-state index >= 15 is 0 Å². The van der Waals surface area contributed by atoms with Crippen molar-refractivity contribution in [2.75, 3.05) is 26.2 Å². The maximum Gasteiger partial charge on any atom is 0.252 e. The van der Waals surface area contributed by atoms with Crippen LogP contribution in [-0.2, 0) is 19.5 Å². The monoisotopic (exact) mass is 446 g/mol. The highest BCUT2D eigenvalue weighted by Crippen LogP contribution is 2.27. The van der Waals surface area contributed by atoms with E-state index in [0.29, 0.717) is 12.6 Å². The Balaban J connectivity index is 1.06. The Hall–Kier alpha value is -2.90. The Kier molecular flexibility index (Phi) is 5.31. The molecule has 0 radical (unpaired) electrons. The SMILES string of the molecule is O=c1ccc2ccc(=O)n3c2n1CC3CN1CCC(NCc2ccc3c(c2)CCCO3)CC1. The second-order valence-corrected chi connectivity index (χ2v) is 9.61. The minimum Gasteiger partial charge on any atom is -0.493 e. The van der Waals surface area contributed by atoms with Crippen LogP contribution in [0.2, 0.25) is 0 Å². The molecule has 1 unspecified atom stereocenters. The Labute approximate surface area is 192 Å². The first-order valence-corrected chi connectivity index (χ1v) is 12.1. The average Bonchev–Trinajstić information content (AvgIpc) is 3.23. The van der Waals surface area contributed by atoms with Crippen LogP contribution < -0.4 is 21.2 Å². The van der Waals surface area contributed by atoms with Gasteiger partial charge in [-0.25, -0.2) is 0 Å². The third-order valence-electron chi connectivity index (χ3n) is 7.44. The van der Waals surface area contributed by atoms with Gasteiger partial charge in [0.1, 0.15) is 11.4 Å². The molecule has 6 rings (SSSR count). The number of aromatic nitrogens is 2. The second-order valence-electron chi connectivity index (χ2n) is 9.61. The summed E-state index contributed by atoms with van der Waals surface area (Å²) >= 11 is 0. The highest BCUT2D eigenvalue weighted by Gasteiger charge is 2.29. The second kappa shape index (κ2) is 8.47. The summed E-state index contributed by atoms with van der Waals surface area (Å²) < 4.78 is 9.32. The van der Waals surface area contributed by atoms with E-state index in [9.17, 15) is 9.59 Å². The zero-order valence-corrected chi connectivity index (χ0v) is 18.8. The van der Waals surface area contributed by atoms with E-state index in [1.165, 1.54) is 11.1 Å². The zero-order valence-electron chi connectivity index (χ0n) is 18.8. The molecule has 5 heterocycles. The molecular weight excluding hydrogens is 416 g/mol. The van der Waals surface area contributed by atoms with Crippen LogP contribution >= 0.6 is 0 Å². The Morgan fingerprint density at radius 1 is 1.00 bits per heavy atom. The first-order chi connectivity index (χ1) is 16.2. The predicted molar refractivity (Wildman–Crippen MR) is 128 cm³/mol. The quantitative estimate of drug-likeness (QED) is 0.651. The van der Waals surface area contributed by atoms with Crippen LogP contribution in [0.3, 0.4) is 0 Å². The van der Waals surface area contributed by atoms with Crippen LogP contribution in [0.1, 0.15) is 36.4 Å². The van der Waals surface area contributed by atoms with Crippen molar-refractivity contribution in [1.82, 2.24) is 19.4 Å². The van der Waals surface area contributed by atoms with Gasteiger partial charge in [-0.1, -0.05) is 12.1 Å². The third-order valence-corrected chi connectivity index (χ3v) is 7.44. The van der Waals surface area contributed by atoms with Gasteiger partial charge in [0.25, 0.3) is 11.1 Å². The molecule has 3 aliphatic rings. The van der Waals surface area contributed by atoms with Gasteiger partial charge in [0.15, 0.2) is 0 Å². The number of pyridine rings is 2. The van der Waals surface area contributed by atoms with Crippen molar-refractivity contribution in [1.29, 1.82) is 0 Å². The highest BCUT2D eigenvalue weighted by molar-refractivity contribution is 5.76. The van der Waals surface area contributed by atoms with Crippen molar-refractivity contribution in [3.63, 3.8) is 0 Å². The molecule has 3 aromatic rings. The van der Waals surface area contributed by atoms with Crippen molar-refractivity contribution in [2.45, 2.75) is 50.9 Å². The van der Waals surface area contributed by atoms with E-state index in [4.69, 9.17) is 4.74 Å². The number of nitrogens with zero attached hydrogens (tertiary/aromatic N) is 3. The maximum absolute atomic E-state index is 12.6. The molecular formula is C26H30N4O3. The number of rotatable bonds is 5. The first kappa shape index (κ1) is 20.7. The van der Waals surface area contributed by atoms with E-state index in [-0.39, 0.29) is 17.2 Å². The topological polar surface area (TPSA) is 68.5 Å². The molecule has 0 amide bonds. The standard InChI is InChI=1S/C26H30N4O3/c31-24-7-4-19-5-8-25(32)30-22(17-29(24)26(19)30)16-28-11-9-21(10-12-28)27-15-18-3-6-23-20(14-18)2-1-13-33-23/h3-8,14,21-22,27H,1-2,9-13,15-17H2. The number of aryl methyl sites for hydroxylation is 1. The number of hydrogen-bond acceptors (Lipinski definition) is 5. The maximum atomic E-state index is 12.6. The Morgan fingerprint density at radius 2 is 1.82 bits per heavy atom. The normalized spacial score (nSPS) is 20.7. The van der Waals surface area contributed by atoms with Gasteiger partial charge in [-0.15, -0.1) is 0 Å². The van der Waals surface area contributed by atoms with E-state index in [1.807, 2.05) is 16.7 Å². The van der Waals surface area contributed by atoms with Crippen molar-refractivity contribution in [3.05, 3.63) is 74.3 Å². The summed E-state index contributed by atoms with van der Waals surface area (Å²) in [6.07, 6.45) is 4.39. The molecule has 1 fully saturated rings. The lowest BCUT2D eigenvalue weighted by Crippen LogP contribution is -2.44. The number of nitrogens with one attached hydrogen (secondary N) is 1. The Morgan fingerprint density at radius 3 is 2.67 bits per heavy atom. The largest absolute Gasteiger partial charge is 0.493 e. The lowest BCUT2D eigenvalue weighted by atomic mass is 10.0. The van der Waals surface area contributed by atoms with Gasteiger partial charge in [0.05, 0.1) is 12.6 Å². The summed E-state index contributed by atoms with van der Waals surface area (Å²) in [4.78, 5) is 27.5. The molecule has 172 valence electrons. The summed E-state index contributed by atoms with van der Waals surface area (Å²) in [7, 11) is 0. The lowest BCUT2D eigenvalue weighted by Gasteiger charge is -2.34. The third kappa shape index (κ3) is 3.89. The van der Waals surface area contributed by atoms with Gasteiger partial charge >= 0.3 is 0 Å². The summed E-state index contributed by atoms with van der Waals surface area (Å²) in [5, 5.41) is 4.69. The minimum absolute atomic E-state index is 0.0125. The van der Waals surface area contributed by atoms with E-state index in [0.717, 1.165) is 75.3 Å². The Bertz CT molecular complexity index is 1300. The highest BCUT2D eigenvalue weighted by atomic mass is 16.5. The fraction of sp³-hybridized carbons (Fsp3) is 0.462. The molecule has 1 aromatic carbocycles. The first-order valence-electron chi connectivity index (χ1n) is 12.1. The van der Waals surface area contributed by atoms with Crippen molar-refractivity contribution >= 4 is 11.0 Å². The summed E-state index contributed by atoms with van der Waals surface area (Å²) in [5.41, 5.74) is 3.38.